The molecule has 0 radical (unpaired) electrons. The summed E-state index contributed by atoms with van der Waals surface area (Å²) in [4.78, 5) is 20.5. The second-order valence-electron chi connectivity index (χ2n) is 2.24. The molecule has 0 rings (SSSR count). The Morgan fingerprint density at radius 1 is 1.25 bits per heavy atom. The Bertz CT molecular complexity index is 230. The summed E-state index contributed by atoms with van der Waals surface area (Å²) >= 11 is 0. The molecule has 0 bridgehead atoms. The minimum absolute atomic E-state index is 0.126. The van der Waals surface area contributed by atoms with Gasteiger partial charge in [0, 0.05) is 6.08 Å². The highest BCUT2D eigenvalue weighted by Gasteiger charge is 2.04. The van der Waals surface area contributed by atoms with Crippen LogP contribution in [0.3, 0.4) is 0 Å². The van der Waals surface area contributed by atoms with Gasteiger partial charge in [-0.3, -0.25) is 4.57 Å². The van der Waals surface area contributed by atoms with Crippen molar-refractivity contribution in [1.82, 2.24) is 0 Å². The van der Waals surface area contributed by atoms with Crippen molar-refractivity contribution >= 4 is 13.8 Å². The quantitative estimate of drug-likeness (QED) is 0.402. The predicted molar refractivity (Wildman–Crippen MR) is 57.7 cm³/mol. The smallest absolute Gasteiger partial charge is 0.330 e. The molecule has 0 amide bonds. The highest BCUT2D eigenvalue weighted by molar-refractivity contribution is 7.45. The summed E-state index contributed by atoms with van der Waals surface area (Å²) in [7, 11) is -3.94. The normalized spacial score (nSPS) is 10.0. The van der Waals surface area contributed by atoms with E-state index in [2.05, 4.69) is 20.4 Å². The van der Waals surface area contributed by atoms with Crippen molar-refractivity contribution in [2.45, 2.75) is 20.8 Å². The lowest BCUT2D eigenvalue weighted by Crippen LogP contribution is -2.07. The molecule has 0 aliphatic heterocycles. The minimum Gasteiger partial charge on any atom is -0.756 e. The van der Waals surface area contributed by atoms with Crippen molar-refractivity contribution in [2.75, 3.05) is 19.8 Å². The van der Waals surface area contributed by atoms with Crippen molar-refractivity contribution in [3.63, 3.8) is 0 Å². The van der Waals surface area contributed by atoms with E-state index in [1.165, 1.54) is 0 Å². The van der Waals surface area contributed by atoms with Gasteiger partial charge in [0.1, 0.15) is 0 Å². The molecule has 0 fully saturated rings. The van der Waals surface area contributed by atoms with Gasteiger partial charge in [0.2, 0.25) is 0 Å². The van der Waals surface area contributed by atoms with E-state index in [9.17, 15) is 14.3 Å². The van der Waals surface area contributed by atoms with E-state index in [0.29, 0.717) is 6.61 Å². The average molecular weight is 253 g/mol. The first kappa shape index (κ1) is 17.7. The van der Waals surface area contributed by atoms with Gasteiger partial charge >= 0.3 is 5.97 Å². The van der Waals surface area contributed by atoms with E-state index in [1.807, 2.05) is 0 Å². The SMILES string of the molecule is C=CC(=O)OCC.CCOP(=O)([O-])OCC. The Hall–Kier alpha value is -0.680. The third-order valence-electron chi connectivity index (χ3n) is 1.03. The van der Waals surface area contributed by atoms with Crippen molar-refractivity contribution in [3.05, 3.63) is 12.7 Å². The molecule has 0 aromatic carbocycles. The van der Waals surface area contributed by atoms with Crippen LogP contribution >= 0.6 is 7.82 Å². The molecule has 7 heteroatoms. The Morgan fingerprint density at radius 2 is 1.69 bits per heavy atom. The zero-order valence-electron chi connectivity index (χ0n) is 9.80. The number of carbonyl (C=O) groups excluding carboxylic acids is 1. The van der Waals surface area contributed by atoms with Gasteiger partial charge < -0.3 is 18.7 Å². The minimum atomic E-state index is -3.94. The van der Waals surface area contributed by atoms with Crippen molar-refractivity contribution < 1.29 is 28.0 Å². The molecule has 0 spiro atoms. The fourth-order valence-corrected chi connectivity index (χ4v) is 1.26. The van der Waals surface area contributed by atoms with Gasteiger partial charge in [-0.15, -0.1) is 0 Å². The van der Waals surface area contributed by atoms with E-state index in [1.54, 1.807) is 20.8 Å². The topological polar surface area (TPSA) is 84.9 Å². The first-order chi connectivity index (χ1) is 7.43. The van der Waals surface area contributed by atoms with Crippen LogP contribution in [0.4, 0.5) is 0 Å². The number of hydrogen-bond acceptors (Lipinski definition) is 6. The summed E-state index contributed by atoms with van der Waals surface area (Å²) in [6.45, 7) is 8.80. The van der Waals surface area contributed by atoms with Crippen LogP contribution in [0.2, 0.25) is 0 Å². The summed E-state index contributed by atoms with van der Waals surface area (Å²) in [5.41, 5.74) is 0. The summed E-state index contributed by atoms with van der Waals surface area (Å²) in [5, 5.41) is 0. The first-order valence-electron chi connectivity index (χ1n) is 4.82. The van der Waals surface area contributed by atoms with E-state index >= 15 is 0 Å². The van der Waals surface area contributed by atoms with Crippen molar-refractivity contribution in [1.29, 1.82) is 0 Å². The molecule has 0 aliphatic rings. The maximum atomic E-state index is 10.4. The van der Waals surface area contributed by atoms with E-state index in [4.69, 9.17) is 0 Å². The number of rotatable bonds is 6. The number of hydrogen-bond donors (Lipinski definition) is 0. The zero-order valence-corrected chi connectivity index (χ0v) is 10.7. The third kappa shape index (κ3) is 13.3. The van der Waals surface area contributed by atoms with Crippen LogP contribution in [-0.4, -0.2) is 25.8 Å². The van der Waals surface area contributed by atoms with Crippen molar-refractivity contribution in [3.8, 4) is 0 Å². The second-order valence-corrected chi connectivity index (χ2v) is 3.65. The molecule has 0 unspecified atom stereocenters. The van der Waals surface area contributed by atoms with Gasteiger partial charge in [0.15, 0.2) is 0 Å². The molecule has 0 aromatic heterocycles. The number of esters is 1. The summed E-state index contributed by atoms with van der Waals surface area (Å²) in [6, 6.07) is 0. The van der Waals surface area contributed by atoms with Crippen LogP contribution in [0.25, 0.3) is 0 Å². The van der Waals surface area contributed by atoms with E-state index < -0.39 is 7.82 Å². The van der Waals surface area contributed by atoms with Crippen LogP contribution < -0.4 is 4.89 Å². The van der Waals surface area contributed by atoms with Gasteiger partial charge in [-0.25, -0.2) is 4.79 Å². The van der Waals surface area contributed by atoms with Gasteiger partial charge in [-0.1, -0.05) is 6.58 Å². The van der Waals surface area contributed by atoms with Crippen LogP contribution in [-0.2, 0) is 23.1 Å². The highest BCUT2D eigenvalue weighted by atomic mass is 31.2. The lowest BCUT2D eigenvalue weighted by Gasteiger charge is -2.20. The molecule has 0 aromatic rings. The Balaban J connectivity index is 0. The molecule has 16 heavy (non-hydrogen) atoms. The molecule has 0 N–H and O–H groups in total. The molecular weight excluding hydrogens is 235 g/mol. The molecule has 0 saturated carbocycles. The van der Waals surface area contributed by atoms with Crippen molar-refractivity contribution in [2.24, 2.45) is 0 Å². The van der Waals surface area contributed by atoms with Crippen LogP contribution in [0, 0.1) is 0 Å². The molecule has 6 nitrogen and oxygen atoms in total. The Kier molecular flexibility index (Phi) is 12.0. The van der Waals surface area contributed by atoms with Crippen LogP contribution in [0.1, 0.15) is 20.8 Å². The fourth-order valence-electron chi connectivity index (χ4n) is 0.555. The fraction of sp³-hybridized carbons (Fsp3) is 0.667. The second kappa shape index (κ2) is 10.8. The largest absolute Gasteiger partial charge is 0.756 e. The molecule has 0 aliphatic carbocycles. The van der Waals surface area contributed by atoms with Crippen LogP contribution in [0.5, 0.6) is 0 Å². The molecular formula is C9H18O6P-. The molecule has 0 atom stereocenters. The number of phosphoric ester groups is 1. The Morgan fingerprint density at radius 3 is 1.88 bits per heavy atom. The monoisotopic (exact) mass is 253 g/mol. The first-order valence-corrected chi connectivity index (χ1v) is 6.28. The molecule has 0 heterocycles. The van der Waals surface area contributed by atoms with Gasteiger partial charge in [0.05, 0.1) is 19.8 Å². The number of carbonyl (C=O) groups is 1. The summed E-state index contributed by atoms with van der Waals surface area (Å²) < 4.78 is 23.3. The van der Waals surface area contributed by atoms with Gasteiger partial charge in [-0.2, -0.15) is 0 Å². The standard InChI is InChI=1S/C5H8O2.C4H11O4P/c1-3-5(6)7-4-2;1-3-7-9(5,6)8-4-2/h3H,1,4H2,2H3;3-4H2,1-2H3,(H,5,6)/p-1. The lowest BCUT2D eigenvalue weighted by atomic mass is 10.6. The van der Waals surface area contributed by atoms with E-state index in [-0.39, 0.29) is 19.2 Å². The van der Waals surface area contributed by atoms with Gasteiger partial charge in [0.25, 0.3) is 7.82 Å². The lowest BCUT2D eigenvalue weighted by molar-refractivity contribution is -0.224. The average Bonchev–Trinajstić information content (AvgIpc) is 2.18. The predicted octanol–water partition coefficient (Wildman–Crippen LogP) is 1.26. The maximum Gasteiger partial charge on any atom is 0.330 e. The zero-order chi connectivity index (χ0) is 13.0. The van der Waals surface area contributed by atoms with Crippen LogP contribution in [0.15, 0.2) is 12.7 Å². The molecule has 0 saturated heterocycles. The molecule has 96 valence electrons. The summed E-state index contributed by atoms with van der Waals surface area (Å²) in [6.07, 6.45) is 1.14. The number of phosphoric acid groups is 1. The van der Waals surface area contributed by atoms with E-state index in [0.717, 1.165) is 6.08 Å². The Labute approximate surface area is 95.8 Å². The maximum absolute atomic E-state index is 10.4. The third-order valence-corrected chi connectivity index (χ3v) is 2.18. The van der Waals surface area contributed by atoms with Gasteiger partial charge in [-0.05, 0) is 20.8 Å². The summed E-state index contributed by atoms with van der Waals surface area (Å²) in [5.74, 6) is -0.359. The number of ether oxygens (including phenoxy) is 1. The highest BCUT2D eigenvalue weighted by Crippen LogP contribution is 2.37.